The molecule has 0 bridgehead atoms. The first-order chi connectivity index (χ1) is 9.22. The first-order valence-electron chi connectivity index (χ1n) is 7.86. The van der Waals surface area contributed by atoms with Crippen LogP contribution in [-0.4, -0.2) is 17.6 Å². The third-order valence-electron chi connectivity index (χ3n) is 4.70. The second-order valence-electron chi connectivity index (χ2n) is 6.15. The van der Waals surface area contributed by atoms with E-state index in [1.807, 2.05) is 12.3 Å². The molecule has 1 fully saturated rings. The van der Waals surface area contributed by atoms with Crippen molar-refractivity contribution in [1.82, 2.24) is 10.3 Å². The molecule has 1 aliphatic carbocycles. The van der Waals surface area contributed by atoms with Crippen LogP contribution in [0.3, 0.4) is 0 Å². The van der Waals surface area contributed by atoms with E-state index in [-0.39, 0.29) is 0 Å². The fourth-order valence-corrected chi connectivity index (χ4v) is 3.46. The van der Waals surface area contributed by atoms with Crippen LogP contribution in [0, 0.1) is 11.8 Å². The molecule has 0 aromatic carbocycles. The minimum Gasteiger partial charge on any atom is -0.313 e. The molecule has 1 heterocycles. The molecule has 19 heavy (non-hydrogen) atoms. The van der Waals surface area contributed by atoms with Crippen LogP contribution in [0.15, 0.2) is 24.4 Å². The lowest BCUT2D eigenvalue weighted by atomic mass is 9.75. The molecule has 106 valence electrons. The summed E-state index contributed by atoms with van der Waals surface area (Å²) in [4.78, 5) is 4.55. The quantitative estimate of drug-likeness (QED) is 0.866. The summed E-state index contributed by atoms with van der Waals surface area (Å²) in [6.45, 7) is 7.98. The highest BCUT2D eigenvalue weighted by Crippen LogP contribution is 2.35. The van der Waals surface area contributed by atoms with E-state index in [4.69, 9.17) is 0 Å². The maximum Gasteiger partial charge on any atom is 0.0447 e. The Kier molecular flexibility index (Phi) is 5.38. The molecule has 2 rings (SSSR count). The van der Waals surface area contributed by atoms with Gasteiger partial charge in [0.05, 0.1) is 0 Å². The number of hydrogen-bond donors (Lipinski definition) is 1. The monoisotopic (exact) mass is 260 g/mol. The third-order valence-corrected chi connectivity index (χ3v) is 4.70. The van der Waals surface area contributed by atoms with Gasteiger partial charge in [0.25, 0.3) is 0 Å². The molecule has 0 saturated heterocycles. The summed E-state index contributed by atoms with van der Waals surface area (Å²) in [5.41, 5.74) is 1.23. The molecule has 1 aliphatic rings. The van der Waals surface area contributed by atoms with Crippen molar-refractivity contribution >= 4 is 0 Å². The Labute approximate surface area is 118 Å². The van der Waals surface area contributed by atoms with Crippen molar-refractivity contribution in [1.29, 1.82) is 0 Å². The van der Waals surface area contributed by atoms with Crippen LogP contribution in [0.5, 0.6) is 0 Å². The Morgan fingerprint density at radius 2 is 2.00 bits per heavy atom. The molecule has 0 amide bonds. The summed E-state index contributed by atoms with van der Waals surface area (Å²) in [5.74, 6) is 2.23. The van der Waals surface area contributed by atoms with Gasteiger partial charge in [-0.05, 0) is 43.4 Å². The van der Waals surface area contributed by atoms with E-state index in [0.717, 1.165) is 18.4 Å². The molecule has 1 aromatic heterocycles. The van der Waals surface area contributed by atoms with Crippen LogP contribution in [0.4, 0.5) is 0 Å². The minimum absolute atomic E-state index is 0.500. The fourth-order valence-electron chi connectivity index (χ4n) is 3.46. The van der Waals surface area contributed by atoms with Gasteiger partial charge in [0.2, 0.25) is 0 Å². The summed E-state index contributed by atoms with van der Waals surface area (Å²) >= 11 is 0. The Hall–Kier alpha value is -0.890. The molecule has 2 unspecified atom stereocenters. The van der Waals surface area contributed by atoms with E-state index in [1.165, 1.54) is 31.4 Å². The van der Waals surface area contributed by atoms with Crippen molar-refractivity contribution in [2.75, 3.05) is 6.54 Å². The Bertz CT molecular complexity index is 355. The summed E-state index contributed by atoms with van der Waals surface area (Å²) in [6.07, 6.45) is 7.44. The molecule has 0 spiro atoms. The molecular formula is C17H28N2. The van der Waals surface area contributed by atoms with Gasteiger partial charge < -0.3 is 5.32 Å². The zero-order valence-electron chi connectivity index (χ0n) is 12.6. The van der Waals surface area contributed by atoms with Crippen LogP contribution in [-0.2, 0) is 0 Å². The first kappa shape index (κ1) is 14.5. The zero-order valence-corrected chi connectivity index (χ0v) is 12.6. The number of nitrogens with zero attached hydrogens (tertiary/aromatic N) is 1. The lowest BCUT2D eigenvalue weighted by molar-refractivity contribution is 0.213. The Morgan fingerprint density at radius 1 is 1.26 bits per heavy atom. The van der Waals surface area contributed by atoms with Gasteiger partial charge in [0.1, 0.15) is 0 Å². The van der Waals surface area contributed by atoms with Crippen molar-refractivity contribution in [3.63, 3.8) is 0 Å². The topological polar surface area (TPSA) is 24.9 Å². The SMILES string of the molecule is CCNC(C1CCC(C)CC1)C(C)c1ccccn1. The van der Waals surface area contributed by atoms with E-state index in [1.54, 1.807) is 0 Å². The lowest BCUT2D eigenvalue weighted by Crippen LogP contribution is -2.41. The maximum absolute atomic E-state index is 4.55. The van der Waals surface area contributed by atoms with Gasteiger partial charge in [-0.15, -0.1) is 0 Å². The molecule has 1 N–H and O–H groups in total. The van der Waals surface area contributed by atoms with Crippen LogP contribution >= 0.6 is 0 Å². The molecule has 0 aliphatic heterocycles. The molecule has 2 nitrogen and oxygen atoms in total. The van der Waals surface area contributed by atoms with Crippen molar-refractivity contribution in [3.05, 3.63) is 30.1 Å². The molecule has 1 saturated carbocycles. The van der Waals surface area contributed by atoms with Gasteiger partial charge in [-0.25, -0.2) is 0 Å². The molecular weight excluding hydrogens is 232 g/mol. The third kappa shape index (κ3) is 3.79. The number of rotatable bonds is 5. The van der Waals surface area contributed by atoms with Gasteiger partial charge in [-0.1, -0.05) is 39.7 Å². The van der Waals surface area contributed by atoms with Gasteiger partial charge in [-0.2, -0.15) is 0 Å². The number of nitrogens with one attached hydrogen (secondary N) is 1. The van der Waals surface area contributed by atoms with Gasteiger partial charge >= 0.3 is 0 Å². The Morgan fingerprint density at radius 3 is 2.58 bits per heavy atom. The van der Waals surface area contributed by atoms with Gasteiger partial charge in [-0.3, -0.25) is 4.98 Å². The number of likely N-dealkylation sites (N-methyl/N-ethyl adjacent to an activating group) is 1. The van der Waals surface area contributed by atoms with Crippen molar-refractivity contribution in [3.8, 4) is 0 Å². The van der Waals surface area contributed by atoms with E-state index < -0.39 is 0 Å². The molecule has 0 radical (unpaired) electrons. The second-order valence-corrected chi connectivity index (χ2v) is 6.15. The highest BCUT2D eigenvalue weighted by molar-refractivity contribution is 5.12. The summed E-state index contributed by atoms with van der Waals surface area (Å²) < 4.78 is 0. The van der Waals surface area contributed by atoms with Crippen molar-refractivity contribution in [2.45, 2.75) is 58.4 Å². The average Bonchev–Trinajstić information content (AvgIpc) is 2.46. The highest BCUT2D eigenvalue weighted by atomic mass is 14.9. The van der Waals surface area contributed by atoms with Crippen molar-refractivity contribution in [2.24, 2.45) is 11.8 Å². The lowest BCUT2D eigenvalue weighted by Gasteiger charge is -2.36. The summed E-state index contributed by atoms with van der Waals surface area (Å²) in [6, 6.07) is 6.85. The van der Waals surface area contributed by atoms with E-state index in [2.05, 4.69) is 43.2 Å². The molecule has 2 heteroatoms. The predicted octanol–water partition coefficient (Wildman–Crippen LogP) is 3.99. The smallest absolute Gasteiger partial charge is 0.0447 e. The van der Waals surface area contributed by atoms with E-state index in [0.29, 0.717) is 12.0 Å². The van der Waals surface area contributed by atoms with Crippen LogP contribution in [0.2, 0.25) is 0 Å². The average molecular weight is 260 g/mol. The zero-order chi connectivity index (χ0) is 13.7. The number of hydrogen-bond acceptors (Lipinski definition) is 2. The van der Waals surface area contributed by atoms with Gasteiger partial charge in [0.15, 0.2) is 0 Å². The van der Waals surface area contributed by atoms with Crippen LogP contribution in [0.25, 0.3) is 0 Å². The second kappa shape index (κ2) is 7.04. The Balaban J connectivity index is 2.06. The van der Waals surface area contributed by atoms with Crippen LogP contribution in [0.1, 0.15) is 58.1 Å². The number of pyridine rings is 1. The van der Waals surface area contributed by atoms with Gasteiger partial charge in [0, 0.05) is 23.9 Å². The van der Waals surface area contributed by atoms with Crippen LogP contribution < -0.4 is 5.32 Å². The maximum atomic E-state index is 4.55. The summed E-state index contributed by atoms with van der Waals surface area (Å²) in [7, 11) is 0. The largest absolute Gasteiger partial charge is 0.313 e. The van der Waals surface area contributed by atoms with Crippen molar-refractivity contribution < 1.29 is 0 Å². The van der Waals surface area contributed by atoms with E-state index in [9.17, 15) is 0 Å². The van der Waals surface area contributed by atoms with E-state index >= 15 is 0 Å². The fraction of sp³-hybridized carbons (Fsp3) is 0.706. The summed E-state index contributed by atoms with van der Waals surface area (Å²) in [5, 5.41) is 3.73. The standard InChI is InChI=1S/C17H28N2/c1-4-18-17(15-10-8-13(2)9-11-15)14(3)16-7-5-6-12-19-16/h5-7,12-15,17-18H,4,8-11H2,1-3H3. The predicted molar refractivity (Wildman–Crippen MR) is 81.2 cm³/mol. The normalized spacial score (nSPS) is 26.9. The highest BCUT2D eigenvalue weighted by Gasteiger charge is 2.30. The molecule has 2 atom stereocenters. The first-order valence-corrected chi connectivity index (χ1v) is 7.86. The minimum atomic E-state index is 0.500. The number of aromatic nitrogens is 1. The molecule has 1 aromatic rings.